The van der Waals surface area contributed by atoms with Crippen LogP contribution in [0.2, 0.25) is 0 Å². The maximum Gasteiger partial charge on any atom is 0.161 e. The van der Waals surface area contributed by atoms with E-state index in [1.807, 2.05) is 34.9 Å². The van der Waals surface area contributed by atoms with Crippen molar-refractivity contribution in [2.45, 2.75) is 19.8 Å². The van der Waals surface area contributed by atoms with Gasteiger partial charge in [-0.1, -0.05) is 18.2 Å². The van der Waals surface area contributed by atoms with E-state index in [1.165, 1.54) is 5.56 Å². The third-order valence-electron chi connectivity index (χ3n) is 3.31. The third kappa shape index (κ3) is 2.29. The summed E-state index contributed by atoms with van der Waals surface area (Å²) in [5.41, 5.74) is 10.0. The summed E-state index contributed by atoms with van der Waals surface area (Å²) < 4.78 is 2.03. The number of pyridine rings is 1. The number of anilines is 1. The van der Waals surface area contributed by atoms with Crippen molar-refractivity contribution >= 4 is 11.3 Å². The topological polar surface area (TPSA) is 56.2 Å². The van der Waals surface area contributed by atoms with E-state index >= 15 is 0 Å². The molecule has 4 heteroatoms. The molecule has 0 atom stereocenters. The second kappa shape index (κ2) is 4.72. The first-order chi connectivity index (χ1) is 9.24. The number of nitrogens with two attached hydrogens (primary N) is 1. The number of hydrogen-bond donors (Lipinski definition) is 1. The van der Waals surface area contributed by atoms with Gasteiger partial charge in [-0.3, -0.25) is 4.40 Å². The summed E-state index contributed by atoms with van der Waals surface area (Å²) in [5, 5.41) is 8.45. The van der Waals surface area contributed by atoms with E-state index < -0.39 is 0 Å². The van der Waals surface area contributed by atoms with Gasteiger partial charge in [0, 0.05) is 18.3 Å². The quantitative estimate of drug-likeness (QED) is 0.728. The Morgan fingerprint density at radius 2 is 1.95 bits per heavy atom. The zero-order valence-electron chi connectivity index (χ0n) is 10.9. The van der Waals surface area contributed by atoms with Crippen molar-refractivity contribution < 1.29 is 0 Å². The van der Waals surface area contributed by atoms with E-state index in [4.69, 9.17) is 5.73 Å². The van der Waals surface area contributed by atoms with Gasteiger partial charge in [0.2, 0.25) is 0 Å². The van der Waals surface area contributed by atoms with Crippen molar-refractivity contribution in [1.82, 2.24) is 14.6 Å². The lowest BCUT2D eigenvalue weighted by atomic mass is 10.1. The van der Waals surface area contributed by atoms with Crippen LogP contribution in [0.15, 0.2) is 42.6 Å². The number of benzene rings is 1. The predicted octanol–water partition coefficient (Wildman–Crippen LogP) is 2.41. The van der Waals surface area contributed by atoms with Gasteiger partial charge in [0.1, 0.15) is 5.82 Å². The molecule has 2 heterocycles. The van der Waals surface area contributed by atoms with Gasteiger partial charge in [-0.05, 0) is 42.7 Å². The van der Waals surface area contributed by atoms with Gasteiger partial charge in [0.25, 0.3) is 0 Å². The number of fused-ring (bicyclic) bond motifs is 1. The molecule has 0 aliphatic carbocycles. The molecule has 0 bridgehead atoms. The Bertz CT molecular complexity index is 715. The maximum atomic E-state index is 5.95. The molecule has 3 aromatic rings. The van der Waals surface area contributed by atoms with E-state index in [2.05, 4.69) is 29.3 Å². The van der Waals surface area contributed by atoms with Crippen LogP contribution in [0.4, 0.5) is 5.69 Å². The summed E-state index contributed by atoms with van der Waals surface area (Å²) >= 11 is 0. The van der Waals surface area contributed by atoms with Crippen LogP contribution in [0.1, 0.15) is 17.0 Å². The number of nitrogen functional groups attached to an aromatic ring is 1. The van der Waals surface area contributed by atoms with Gasteiger partial charge in [-0.15, -0.1) is 10.2 Å². The minimum absolute atomic E-state index is 0.832. The van der Waals surface area contributed by atoms with Gasteiger partial charge in [-0.25, -0.2) is 0 Å². The Kier molecular flexibility index (Phi) is 2.91. The molecule has 2 N–H and O–H groups in total. The first kappa shape index (κ1) is 11.7. The van der Waals surface area contributed by atoms with E-state index in [-0.39, 0.29) is 0 Å². The van der Waals surface area contributed by atoms with E-state index in [0.717, 1.165) is 35.6 Å². The predicted molar refractivity (Wildman–Crippen MR) is 76.0 cm³/mol. The molecule has 0 spiro atoms. The van der Waals surface area contributed by atoms with Crippen molar-refractivity contribution in [3.05, 3.63) is 59.5 Å². The van der Waals surface area contributed by atoms with Crippen LogP contribution in [0.5, 0.6) is 0 Å². The van der Waals surface area contributed by atoms with Gasteiger partial charge >= 0.3 is 0 Å². The highest BCUT2D eigenvalue weighted by Crippen LogP contribution is 2.14. The molecule has 19 heavy (non-hydrogen) atoms. The van der Waals surface area contributed by atoms with E-state index in [9.17, 15) is 0 Å². The molecule has 4 nitrogen and oxygen atoms in total. The second-order valence-corrected chi connectivity index (χ2v) is 4.75. The number of aryl methyl sites for hydroxylation is 3. The van der Waals surface area contributed by atoms with Crippen LogP contribution in [0.3, 0.4) is 0 Å². The molecular formula is C15H16N4. The Hall–Kier alpha value is -2.36. The zero-order valence-corrected chi connectivity index (χ0v) is 10.9. The largest absolute Gasteiger partial charge is 0.399 e. The highest BCUT2D eigenvalue weighted by molar-refractivity contribution is 5.46. The molecule has 96 valence electrons. The fourth-order valence-electron chi connectivity index (χ4n) is 2.22. The highest BCUT2D eigenvalue weighted by Gasteiger charge is 2.06. The minimum atomic E-state index is 0.832. The van der Waals surface area contributed by atoms with Crippen molar-refractivity contribution in [3.8, 4) is 0 Å². The van der Waals surface area contributed by atoms with E-state index in [0.29, 0.717) is 0 Å². The SMILES string of the molecule is Cc1ccn2c(CCc3ccccc3N)nnc2c1. The first-order valence-electron chi connectivity index (χ1n) is 6.38. The Labute approximate surface area is 111 Å². The maximum absolute atomic E-state index is 5.95. The monoisotopic (exact) mass is 252 g/mol. The lowest BCUT2D eigenvalue weighted by Gasteiger charge is -2.04. The van der Waals surface area contributed by atoms with Crippen LogP contribution < -0.4 is 5.73 Å². The van der Waals surface area contributed by atoms with Gasteiger partial charge in [0.15, 0.2) is 5.65 Å². The van der Waals surface area contributed by atoms with Crippen molar-refractivity contribution in [3.63, 3.8) is 0 Å². The third-order valence-corrected chi connectivity index (χ3v) is 3.31. The molecule has 3 rings (SSSR count). The van der Waals surface area contributed by atoms with Crippen LogP contribution in [0, 0.1) is 6.92 Å². The van der Waals surface area contributed by atoms with Crippen LogP contribution in [0.25, 0.3) is 5.65 Å². The number of para-hydroxylation sites is 1. The summed E-state index contributed by atoms with van der Waals surface area (Å²) in [6.45, 7) is 2.05. The van der Waals surface area contributed by atoms with E-state index in [1.54, 1.807) is 0 Å². The van der Waals surface area contributed by atoms with Crippen molar-refractivity contribution in [1.29, 1.82) is 0 Å². The molecular weight excluding hydrogens is 236 g/mol. The van der Waals surface area contributed by atoms with Crippen molar-refractivity contribution in [2.75, 3.05) is 5.73 Å². The molecule has 2 aromatic heterocycles. The standard InChI is InChI=1S/C15H16N4/c1-11-8-9-19-14(17-18-15(19)10-11)7-6-12-4-2-3-5-13(12)16/h2-5,8-10H,6-7,16H2,1H3. The summed E-state index contributed by atoms with van der Waals surface area (Å²) in [6, 6.07) is 12.1. The fraction of sp³-hybridized carbons (Fsp3) is 0.200. The molecule has 0 radical (unpaired) electrons. The zero-order chi connectivity index (χ0) is 13.2. The number of nitrogens with zero attached hydrogens (tertiary/aromatic N) is 3. The Morgan fingerprint density at radius 1 is 1.11 bits per heavy atom. The molecule has 0 aliphatic heterocycles. The van der Waals surface area contributed by atoms with Gasteiger partial charge in [0.05, 0.1) is 0 Å². The fourth-order valence-corrected chi connectivity index (χ4v) is 2.22. The molecule has 0 saturated carbocycles. The molecule has 1 aromatic carbocycles. The van der Waals surface area contributed by atoms with Gasteiger partial charge < -0.3 is 5.73 Å². The molecule has 0 amide bonds. The second-order valence-electron chi connectivity index (χ2n) is 4.75. The summed E-state index contributed by atoms with van der Waals surface area (Å²) in [7, 11) is 0. The lowest BCUT2D eigenvalue weighted by Crippen LogP contribution is -2.00. The summed E-state index contributed by atoms with van der Waals surface area (Å²) in [4.78, 5) is 0. The smallest absolute Gasteiger partial charge is 0.161 e. The number of hydrogen-bond acceptors (Lipinski definition) is 3. The first-order valence-corrected chi connectivity index (χ1v) is 6.38. The van der Waals surface area contributed by atoms with Crippen molar-refractivity contribution in [2.24, 2.45) is 0 Å². The number of aromatic nitrogens is 3. The lowest BCUT2D eigenvalue weighted by molar-refractivity contribution is 0.840. The minimum Gasteiger partial charge on any atom is -0.399 e. The normalized spacial score (nSPS) is 11.0. The van der Waals surface area contributed by atoms with Crippen LogP contribution in [-0.2, 0) is 12.8 Å². The molecule has 0 aliphatic rings. The molecule has 0 unspecified atom stereocenters. The summed E-state index contributed by atoms with van der Waals surface area (Å²) in [5.74, 6) is 0.971. The average molecular weight is 252 g/mol. The Balaban J connectivity index is 1.84. The average Bonchev–Trinajstić information content (AvgIpc) is 2.80. The van der Waals surface area contributed by atoms with Gasteiger partial charge in [-0.2, -0.15) is 0 Å². The molecule has 0 saturated heterocycles. The summed E-state index contributed by atoms with van der Waals surface area (Å²) in [6.07, 6.45) is 3.73. The Morgan fingerprint density at radius 3 is 2.79 bits per heavy atom. The molecule has 0 fully saturated rings. The van der Waals surface area contributed by atoms with Crippen LogP contribution in [-0.4, -0.2) is 14.6 Å². The number of rotatable bonds is 3. The van der Waals surface area contributed by atoms with Crippen LogP contribution >= 0.6 is 0 Å². The highest BCUT2D eigenvalue weighted by atomic mass is 15.2.